The molecule has 4 nitrogen and oxygen atoms in total. The Hall–Kier alpha value is -2.20. The third kappa shape index (κ3) is 2.00. The number of aromatic nitrogens is 3. The fraction of sp³-hybridized carbons (Fsp3) is 0.200. The molecular formula is C15H16N4. The number of nitrogens with zero attached hydrogens (tertiary/aromatic N) is 3. The third-order valence-electron chi connectivity index (χ3n) is 3.26. The predicted octanol–water partition coefficient (Wildman–Crippen LogP) is 2.21. The molecule has 0 atom stereocenters. The van der Waals surface area contributed by atoms with Crippen molar-refractivity contribution in [3.63, 3.8) is 0 Å². The summed E-state index contributed by atoms with van der Waals surface area (Å²) in [6.45, 7) is 2.68. The molecule has 0 aliphatic carbocycles. The van der Waals surface area contributed by atoms with Crippen molar-refractivity contribution in [3.8, 4) is 11.3 Å². The van der Waals surface area contributed by atoms with E-state index in [-0.39, 0.29) is 0 Å². The van der Waals surface area contributed by atoms with Gasteiger partial charge < -0.3 is 10.1 Å². The van der Waals surface area contributed by atoms with Crippen LogP contribution in [0.1, 0.15) is 11.3 Å². The van der Waals surface area contributed by atoms with Crippen LogP contribution >= 0.6 is 0 Å². The van der Waals surface area contributed by atoms with Crippen molar-refractivity contribution in [2.45, 2.75) is 13.3 Å². The smallest absolute Gasteiger partial charge is 0.140 e. The molecule has 3 aromatic rings. The van der Waals surface area contributed by atoms with E-state index in [9.17, 15) is 0 Å². The van der Waals surface area contributed by atoms with Crippen molar-refractivity contribution in [3.05, 3.63) is 54.1 Å². The SMILES string of the molecule is Cc1cccn2c(CCN)c(-c3cccnc3)nc12. The maximum Gasteiger partial charge on any atom is 0.140 e. The molecule has 0 bridgehead atoms. The molecule has 0 amide bonds. The van der Waals surface area contributed by atoms with Gasteiger partial charge in [0.15, 0.2) is 0 Å². The number of rotatable bonds is 3. The van der Waals surface area contributed by atoms with E-state index in [1.54, 1.807) is 6.20 Å². The third-order valence-corrected chi connectivity index (χ3v) is 3.26. The van der Waals surface area contributed by atoms with Crippen molar-refractivity contribution in [2.75, 3.05) is 6.54 Å². The van der Waals surface area contributed by atoms with E-state index in [4.69, 9.17) is 10.7 Å². The van der Waals surface area contributed by atoms with Crippen LogP contribution in [0.25, 0.3) is 16.9 Å². The van der Waals surface area contributed by atoms with Gasteiger partial charge in [0.2, 0.25) is 0 Å². The first-order valence-electron chi connectivity index (χ1n) is 6.38. The summed E-state index contributed by atoms with van der Waals surface area (Å²) in [4.78, 5) is 8.94. The van der Waals surface area contributed by atoms with E-state index < -0.39 is 0 Å². The van der Waals surface area contributed by atoms with Crippen LogP contribution in [0.4, 0.5) is 0 Å². The maximum atomic E-state index is 5.74. The molecule has 0 fully saturated rings. The van der Waals surface area contributed by atoms with Gasteiger partial charge in [-0.05, 0) is 37.2 Å². The second kappa shape index (κ2) is 4.82. The lowest BCUT2D eigenvalue weighted by Crippen LogP contribution is -2.06. The molecular weight excluding hydrogens is 236 g/mol. The van der Waals surface area contributed by atoms with Gasteiger partial charge in [0.25, 0.3) is 0 Å². The summed E-state index contributed by atoms with van der Waals surface area (Å²) in [5.41, 5.74) is 11.1. The number of hydrogen-bond donors (Lipinski definition) is 1. The van der Waals surface area contributed by atoms with Crippen LogP contribution < -0.4 is 5.73 Å². The molecule has 0 radical (unpaired) electrons. The molecule has 4 heteroatoms. The van der Waals surface area contributed by atoms with E-state index in [1.807, 2.05) is 30.6 Å². The monoisotopic (exact) mass is 252 g/mol. The summed E-state index contributed by atoms with van der Waals surface area (Å²) >= 11 is 0. The lowest BCUT2D eigenvalue weighted by atomic mass is 10.1. The molecule has 2 N–H and O–H groups in total. The fourth-order valence-corrected chi connectivity index (χ4v) is 2.36. The van der Waals surface area contributed by atoms with Crippen molar-refractivity contribution in [1.29, 1.82) is 0 Å². The van der Waals surface area contributed by atoms with E-state index in [0.29, 0.717) is 6.54 Å². The average Bonchev–Trinajstić information content (AvgIpc) is 2.81. The lowest BCUT2D eigenvalue weighted by molar-refractivity contribution is 0.905. The second-order valence-corrected chi connectivity index (χ2v) is 4.57. The van der Waals surface area contributed by atoms with Gasteiger partial charge >= 0.3 is 0 Å². The zero-order valence-electron chi connectivity index (χ0n) is 10.9. The molecule has 19 heavy (non-hydrogen) atoms. The largest absolute Gasteiger partial charge is 0.330 e. The standard InChI is InChI=1S/C15H16N4/c1-11-4-3-9-19-13(6-7-16)14(18-15(11)19)12-5-2-8-17-10-12/h2-5,8-10H,6-7,16H2,1H3. The summed E-state index contributed by atoms with van der Waals surface area (Å²) in [5.74, 6) is 0. The van der Waals surface area contributed by atoms with Gasteiger partial charge in [0.05, 0.1) is 11.4 Å². The Labute approximate surface area is 111 Å². The summed E-state index contributed by atoms with van der Waals surface area (Å²) in [5, 5.41) is 0. The molecule has 0 aromatic carbocycles. The van der Waals surface area contributed by atoms with E-state index >= 15 is 0 Å². The highest BCUT2D eigenvalue weighted by Gasteiger charge is 2.14. The maximum absolute atomic E-state index is 5.74. The molecule has 0 unspecified atom stereocenters. The molecule has 0 aliphatic rings. The number of imidazole rings is 1. The molecule has 96 valence electrons. The average molecular weight is 252 g/mol. The Kier molecular flexibility index (Phi) is 3.01. The minimum Gasteiger partial charge on any atom is -0.330 e. The highest BCUT2D eigenvalue weighted by atomic mass is 15.0. The van der Waals surface area contributed by atoms with Crippen LogP contribution in [0.3, 0.4) is 0 Å². The minimum atomic E-state index is 0.606. The Morgan fingerprint density at radius 1 is 1.26 bits per heavy atom. The first kappa shape index (κ1) is 11.9. The van der Waals surface area contributed by atoms with Crippen LogP contribution in [0.15, 0.2) is 42.9 Å². The summed E-state index contributed by atoms with van der Waals surface area (Å²) in [6.07, 6.45) is 6.46. The Morgan fingerprint density at radius 2 is 2.16 bits per heavy atom. The van der Waals surface area contributed by atoms with Crippen LogP contribution in [-0.4, -0.2) is 20.9 Å². The Bertz CT molecular complexity index is 701. The first-order valence-corrected chi connectivity index (χ1v) is 6.38. The summed E-state index contributed by atoms with van der Waals surface area (Å²) in [7, 11) is 0. The molecule has 3 heterocycles. The van der Waals surface area contributed by atoms with Crippen molar-refractivity contribution < 1.29 is 0 Å². The van der Waals surface area contributed by atoms with Crippen LogP contribution in [0.5, 0.6) is 0 Å². The molecule has 3 aromatic heterocycles. The molecule has 0 saturated carbocycles. The van der Waals surface area contributed by atoms with Gasteiger partial charge in [-0.2, -0.15) is 0 Å². The van der Waals surface area contributed by atoms with Gasteiger partial charge in [-0.15, -0.1) is 0 Å². The predicted molar refractivity (Wildman–Crippen MR) is 75.9 cm³/mol. The van der Waals surface area contributed by atoms with Gasteiger partial charge in [0, 0.05) is 30.6 Å². The normalized spacial score (nSPS) is 11.1. The second-order valence-electron chi connectivity index (χ2n) is 4.57. The minimum absolute atomic E-state index is 0.606. The number of pyridine rings is 2. The molecule has 0 aliphatic heterocycles. The van der Waals surface area contributed by atoms with E-state index in [2.05, 4.69) is 22.4 Å². The highest BCUT2D eigenvalue weighted by Crippen LogP contribution is 2.25. The number of hydrogen-bond acceptors (Lipinski definition) is 3. The summed E-state index contributed by atoms with van der Waals surface area (Å²) in [6, 6.07) is 8.07. The van der Waals surface area contributed by atoms with E-state index in [1.165, 1.54) is 0 Å². The molecule has 3 rings (SSSR count). The van der Waals surface area contributed by atoms with Crippen molar-refractivity contribution >= 4 is 5.65 Å². The Morgan fingerprint density at radius 3 is 2.89 bits per heavy atom. The van der Waals surface area contributed by atoms with Crippen molar-refractivity contribution in [2.24, 2.45) is 5.73 Å². The molecule has 0 saturated heterocycles. The van der Waals surface area contributed by atoms with Gasteiger partial charge in [0.1, 0.15) is 5.65 Å². The number of fused-ring (bicyclic) bond motifs is 1. The van der Waals surface area contributed by atoms with Crippen LogP contribution in [-0.2, 0) is 6.42 Å². The van der Waals surface area contributed by atoms with Crippen molar-refractivity contribution in [1.82, 2.24) is 14.4 Å². The fourth-order valence-electron chi connectivity index (χ4n) is 2.36. The van der Waals surface area contributed by atoms with Crippen LogP contribution in [0.2, 0.25) is 0 Å². The molecule has 0 spiro atoms. The topological polar surface area (TPSA) is 56.2 Å². The first-order chi connectivity index (χ1) is 9.31. The summed E-state index contributed by atoms with van der Waals surface area (Å²) < 4.78 is 2.13. The van der Waals surface area contributed by atoms with Gasteiger partial charge in [-0.3, -0.25) is 4.98 Å². The van der Waals surface area contributed by atoms with E-state index in [0.717, 1.165) is 34.6 Å². The quantitative estimate of drug-likeness (QED) is 0.777. The zero-order chi connectivity index (χ0) is 13.2. The number of nitrogens with two attached hydrogens (primary N) is 1. The Balaban J connectivity index is 2.29. The lowest BCUT2D eigenvalue weighted by Gasteiger charge is -2.03. The van der Waals surface area contributed by atoms with Gasteiger partial charge in [-0.1, -0.05) is 6.07 Å². The zero-order valence-corrected chi connectivity index (χ0v) is 10.9. The highest BCUT2D eigenvalue weighted by molar-refractivity contribution is 5.67. The van der Waals surface area contributed by atoms with Gasteiger partial charge in [-0.25, -0.2) is 4.98 Å². The van der Waals surface area contributed by atoms with Crippen LogP contribution in [0, 0.1) is 6.92 Å². The number of aryl methyl sites for hydroxylation is 1.